The van der Waals surface area contributed by atoms with Crippen LogP contribution in [0, 0.1) is 5.41 Å². The topological polar surface area (TPSA) is 122 Å². The highest BCUT2D eigenvalue weighted by atomic mass is 31.2. The lowest BCUT2D eigenvalue weighted by Gasteiger charge is -2.34. The van der Waals surface area contributed by atoms with Crippen LogP contribution in [0.2, 0.25) is 0 Å². The van der Waals surface area contributed by atoms with E-state index < -0.39 is 37.5 Å². The van der Waals surface area contributed by atoms with Gasteiger partial charge >= 0.3 is 13.6 Å². The number of para-hydroxylation sites is 1. The Morgan fingerprint density at radius 2 is 1.74 bits per heavy atom. The molecule has 0 unspecified atom stereocenters. The largest absolute Gasteiger partial charge is 0.480 e. The first kappa shape index (κ1) is 27.4. The molecule has 35 heavy (non-hydrogen) atoms. The van der Waals surface area contributed by atoms with Gasteiger partial charge < -0.3 is 19.5 Å². The summed E-state index contributed by atoms with van der Waals surface area (Å²) in [5.41, 5.74) is 0.429. The molecule has 2 amide bonds. The predicted molar refractivity (Wildman–Crippen MR) is 132 cm³/mol. The molecule has 0 radical (unpaired) electrons. The number of fused-ring (bicyclic) bond motifs is 1. The van der Waals surface area contributed by atoms with Crippen molar-refractivity contribution in [2.75, 3.05) is 17.6 Å². The highest BCUT2D eigenvalue weighted by Gasteiger charge is 2.49. The molecule has 0 bridgehead atoms. The molecule has 1 atom stereocenters. The minimum Gasteiger partial charge on any atom is -0.480 e. The number of nitrogens with one attached hydrogen (secondary N) is 1. The number of benzene rings is 1. The summed E-state index contributed by atoms with van der Waals surface area (Å²) < 4.78 is 25.1. The van der Waals surface area contributed by atoms with Crippen LogP contribution in [0.4, 0.5) is 5.69 Å². The molecule has 0 aromatic heterocycles. The van der Waals surface area contributed by atoms with Gasteiger partial charge in [0.2, 0.25) is 11.8 Å². The molecule has 2 N–H and O–H groups in total. The molecule has 1 aliphatic heterocycles. The second kappa shape index (κ2) is 11.2. The molecule has 0 saturated heterocycles. The number of carbonyl (C=O) groups is 3. The minimum absolute atomic E-state index is 0.0534. The molecule has 1 fully saturated rings. The van der Waals surface area contributed by atoms with E-state index in [0.717, 1.165) is 18.4 Å². The van der Waals surface area contributed by atoms with E-state index >= 15 is 0 Å². The first-order valence-corrected chi connectivity index (χ1v) is 14.1. The van der Waals surface area contributed by atoms with Gasteiger partial charge in [0.15, 0.2) is 0 Å². The van der Waals surface area contributed by atoms with Crippen LogP contribution in [0.3, 0.4) is 0 Å². The molecule has 194 valence electrons. The monoisotopic (exact) mass is 508 g/mol. The molecule has 1 saturated carbocycles. The number of amides is 2. The highest BCUT2D eigenvalue weighted by molar-refractivity contribution is 7.54. The molecule has 2 aliphatic rings. The predicted octanol–water partition coefficient (Wildman–Crippen LogP) is 4.14. The summed E-state index contributed by atoms with van der Waals surface area (Å²) in [6, 6.07) is 6.30. The highest BCUT2D eigenvalue weighted by Crippen LogP contribution is 2.58. The van der Waals surface area contributed by atoms with Crippen LogP contribution >= 0.6 is 7.60 Å². The second-order valence-electron chi connectivity index (χ2n) is 10.1. The second-order valence-corrected chi connectivity index (χ2v) is 12.0. The molecular weight excluding hydrogens is 471 g/mol. The third-order valence-corrected chi connectivity index (χ3v) is 8.91. The van der Waals surface area contributed by atoms with Crippen molar-refractivity contribution >= 4 is 31.1 Å². The zero-order valence-electron chi connectivity index (χ0n) is 21.0. The Bertz CT molecular complexity index is 974. The number of aliphatic carboxylic acids is 1. The molecule has 3 rings (SSSR count). The average molecular weight is 509 g/mol. The Morgan fingerprint density at radius 3 is 2.31 bits per heavy atom. The van der Waals surface area contributed by atoms with Gasteiger partial charge in [-0.3, -0.25) is 23.8 Å². The lowest BCUT2D eigenvalue weighted by atomic mass is 9.87. The van der Waals surface area contributed by atoms with Crippen molar-refractivity contribution in [3.05, 3.63) is 29.8 Å². The van der Waals surface area contributed by atoms with E-state index in [1.807, 2.05) is 12.1 Å². The Morgan fingerprint density at radius 1 is 1.14 bits per heavy atom. The number of hydrogen-bond donors (Lipinski definition) is 2. The Balaban J connectivity index is 1.86. The first-order chi connectivity index (χ1) is 16.4. The van der Waals surface area contributed by atoms with Crippen LogP contribution in [-0.2, 0) is 34.4 Å². The average Bonchev–Trinajstić information content (AvgIpc) is 3.17. The van der Waals surface area contributed by atoms with Crippen molar-refractivity contribution in [3.63, 3.8) is 0 Å². The molecular formula is C25H37N2O7P. The molecule has 10 heteroatoms. The van der Waals surface area contributed by atoms with Gasteiger partial charge in [0.1, 0.15) is 12.6 Å². The Labute approximate surface area is 207 Å². The van der Waals surface area contributed by atoms with E-state index in [2.05, 4.69) is 5.32 Å². The van der Waals surface area contributed by atoms with Crippen LogP contribution in [0.25, 0.3) is 0 Å². The van der Waals surface area contributed by atoms with E-state index in [9.17, 15) is 24.1 Å². The van der Waals surface area contributed by atoms with Crippen LogP contribution in [0.5, 0.6) is 0 Å². The number of anilines is 1. The Kier molecular flexibility index (Phi) is 8.78. The maximum atomic E-state index is 13.7. The molecule has 9 nitrogen and oxygen atoms in total. The van der Waals surface area contributed by atoms with Crippen molar-refractivity contribution in [2.24, 2.45) is 5.41 Å². The Hall–Kier alpha value is -2.22. The summed E-state index contributed by atoms with van der Waals surface area (Å²) in [6.07, 6.45) is 2.76. The van der Waals surface area contributed by atoms with E-state index in [1.54, 1.807) is 39.8 Å². The fourth-order valence-corrected chi connectivity index (χ4v) is 7.77. The summed E-state index contributed by atoms with van der Waals surface area (Å²) in [5, 5.41) is 12.3. The summed E-state index contributed by atoms with van der Waals surface area (Å²) >= 11 is 0. The van der Waals surface area contributed by atoms with Crippen molar-refractivity contribution < 1.29 is 33.1 Å². The summed E-state index contributed by atoms with van der Waals surface area (Å²) in [5.74, 6) is -1.95. The lowest BCUT2D eigenvalue weighted by Crippen LogP contribution is -2.53. The van der Waals surface area contributed by atoms with Crippen LogP contribution in [0.15, 0.2) is 24.3 Å². The van der Waals surface area contributed by atoms with Crippen LogP contribution < -0.4 is 10.2 Å². The fraction of sp³-hybridized carbons (Fsp3) is 0.640. The third kappa shape index (κ3) is 6.72. The van der Waals surface area contributed by atoms with Gasteiger partial charge in [0, 0.05) is 5.69 Å². The number of carboxylic acids is 1. The van der Waals surface area contributed by atoms with E-state index in [-0.39, 0.29) is 24.3 Å². The van der Waals surface area contributed by atoms with Gasteiger partial charge in [0.05, 0.1) is 23.8 Å². The quantitative estimate of drug-likeness (QED) is 0.456. The van der Waals surface area contributed by atoms with E-state index in [4.69, 9.17) is 9.05 Å². The first-order valence-electron chi connectivity index (χ1n) is 12.3. The lowest BCUT2D eigenvalue weighted by molar-refractivity contribution is -0.137. The summed E-state index contributed by atoms with van der Waals surface area (Å²) in [6.45, 7) is 6.60. The molecule has 1 aromatic rings. The smallest absolute Gasteiger partial charge is 0.332 e. The molecule has 1 aromatic carbocycles. The maximum Gasteiger partial charge on any atom is 0.332 e. The van der Waals surface area contributed by atoms with Crippen molar-refractivity contribution in [2.45, 2.75) is 84.5 Å². The number of hydrogen-bond acceptors (Lipinski definition) is 6. The van der Waals surface area contributed by atoms with E-state index in [1.165, 1.54) is 4.90 Å². The standard InChI is InChI=1S/C25H37N2O7P/c1-17(2)33-35(32,34-18(3)4)16-25(13-7-8-14-25)24(31)26-20-12-11-19-9-5-6-10-21(19)27(23(20)30)15-22(28)29/h5-6,9-10,17-18,20H,7-8,11-16H2,1-4H3,(H,26,31)(H,28,29)/t20-/m0/s1. The molecule has 1 aliphatic carbocycles. The van der Waals surface area contributed by atoms with Gasteiger partial charge in [-0.05, 0) is 65.0 Å². The fourth-order valence-electron chi connectivity index (χ4n) is 5.08. The van der Waals surface area contributed by atoms with E-state index in [0.29, 0.717) is 31.4 Å². The van der Waals surface area contributed by atoms with Gasteiger partial charge in [-0.25, -0.2) is 0 Å². The zero-order valence-corrected chi connectivity index (χ0v) is 21.9. The zero-order chi connectivity index (χ0) is 25.8. The van der Waals surface area contributed by atoms with Gasteiger partial charge in [-0.15, -0.1) is 0 Å². The number of aryl methyl sites for hydroxylation is 1. The number of rotatable bonds is 10. The van der Waals surface area contributed by atoms with Crippen molar-refractivity contribution in [1.29, 1.82) is 0 Å². The SMILES string of the molecule is CC(C)OP(=O)(CC1(C(=O)N[C@H]2CCc3ccccc3N(CC(=O)O)C2=O)CCCC1)OC(C)C. The molecule has 0 spiro atoms. The number of nitrogens with zero attached hydrogens (tertiary/aromatic N) is 1. The third-order valence-electron chi connectivity index (χ3n) is 6.43. The minimum atomic E-state index is -3.59. The van der Waals surface area contributed by atoms with Crippen molar-refractivity contribution in [1.82, 2.24) is 5.32 Å². The summed E-state index contributed by atoms with van der Waals surface area (Å²) in [7, 11) is -3.59. The van der Waals surface area contributed by atoms with Crippen LogP contribution in [0.1, 0.15) is 65.4 Å². The summed E-state index contributed by atoms with van der Waals surface area (Å²) in [4.78, 5) is 39.9. The number of carbonyl (C=O) groups excluding carboxylic acids is 2. The van der Waals surface area contributed by atoms with Crippen molar-refractivity contribution in [3.8, 4) is 0 Å². The molecule has 1 heterocycles. The normalized spacial score (nSPS) is 20.1. The van der Waals surface area contributed by atoms with Gasteiger partial charge in [0.25, 0.3) is 0 Å². The van der Waals surface area contributed by atoms with Gasteiger partial charge in [-0.1, -0.05) is 31.0 Å². The maximum absolute atomic E-state index is 13.7. The van der Waals surface area contributed by atoms with Gasteiger partial charge in [-0.2, -0.15) is 0 Å². The van der Waals surface area contributed by atoms with Crippen LogP contribution in [-0.4, -0.2) is 53.8 Å². The number of carboxylic acid groups (broad SMARTS) is 1.